The Morgan fingerprint density at radius 3 is 2.80 bits per heavy atom. The smallest absolute Gasteiger partial charge is 0.262 e. The van der Waals surface area contributed by atoms with Crippen LogP contribution in [0, 0.1) is 0 Å². The van der Waals surface area contributed by atoms with Gasteiger partial charge in [0.25, 0.3) is 11.8 Å². The summed E-state index contributed by atoms with van der Waals surface area (Å²) in [5.74, 6) is -1.14. The van der Waals surface area contributed by atoms with Gasteiger partial charge in [-0.3, -0.25) is 34.1 Å². The molecule has 0 saturated carbocycles. The van der Waals surface area contributed by atoms with Crippen molar-refractivity contribution in [3.8, 4) is 0 Å². The van der Waals surface area contributed by atoms with Gasteiger partial charge in [-0.2, -0.15) is 5.10 Å². The number of benzene rings is 1. The number of nitrogens with zero attached hydrogens (tertiary/aromatic N) is 3. The van der Waals surface area contributed by atoms with Crippen molar-refractivity contribution in [3.05, 3.63) is 46.1 Å². The highest BCUT2D eigenvalue weighted by atomic mass is 16.2. The number of aromatic nitrogens is 2. The third-order valence-corrected chi connectivity index (χ3v) is 5.82. The first-order valence-electron chi connectivity index (χ1n) is 9.78. The minimum atomic E-state index is -0.970. The minimum Gasteiger partial charge on any atom is -0.366 e. The fourth-order valence-corrected chi connectivity index (χ4v) is 4.39. The van der Waals surface area contributed by atoms with E-state index in [1.165, 1.54) is 0 Å². The first kappa shape index (κ1) is 18.5. The predicted octanol–water partition coefficient (Wildman–Crippen LogP) is 0.0366. The van der Waals surface area contributed by atoms with Gasteiger partial charge in [-0.25, -0.2) is 0 Å². The number of hydrogen-bond acceptors (Lipinski definition) is 7. The lowest BCUT2D eigenvalue weighted by molar-refractivity contribution is -0.136. The number of carbonyl (C=O) groups is 4. The number of fused-ring (bicyclic) bond motifs is 2. The van der Waals surface area contributed by atoms with E-state index in [1.54, 1.807) is 22.9 Å². The van der Waals surface area contributed by atoms with Gasteiger partial charge in [-0.1, -0.05) is 12.1 Å². The maximum Gasteiger partial charge on any atom is 0.262 e. The maximum atomic E-state index is 13.2. The van der Waals surface area contributed by atoms with Gasteiger partial charge in [0.05, 0.1) is 16.8 Å². The van der Waals surface area contributed by atoms with Crippen molar-refractivity contribution >= 4 is 29.4 Å². The molecule has 3 aliphatic rings. The number of piperidine rings is 1. The van der Waals surface area contributed by atoms with Crippen LogP contribution in [0.4, 0.5) is 5.82 Å². The van der Waals surface area contributed by atoms with Crippen molar-refractivity contribution in [1.82, 2.24) is 25.3 Å². The lowest BCUT2D eigenvalue weighted by Gasteiger charge is -2.27. The van der Waals surface area contributed by atoms with E-state index in [0.717, 1.165) is 35.1 Å². The fraction of sp³-hybridized carbons (Fsp3) is 0.350. The van der Waals surface area contributed by atoms with Crippen LogP contribution in [-0.2, 0) is 36.3 Å². The molecule has 0 aliphatic carbocycles. The molecular formula is C20H20N6O4. The van der Waals surface area contributed by atoms with E-state index in [1.807, 2.05) is 7.05 Å². The molecule has 3 N–H and O–H groups in total. The Labute approximate surface area is 171 Å². The summed E-state index contributed by atoms with van der Waals surface area (Å²) < 4.78 is 1.78. The third kappa shape index (κ3) is 2.71. The van der Waals surface area contributed by atoms with E-state index in [-0.39, 0.29) is 18.4 Å². The van der Waals surface area contributed by atoms with Crippen LogP contribution in [0.5, 0.6) is 0 Å². The number of hydrogen-bond donors (Lipinski definition) is 3. The number of imide groups is 2. The van der Waals surface area contributed by atoms with Gasteiger partial charge >= 0.3 is 0 Å². The molecule has 4 amide bonds. The average Bonchev–Trinajstić information content (AvgIpc) is 3.35. The standard InChI is InChI=1S/C20H20N6O4/c1-25-17(12-8-21-9-13(12)24-25)22-7-10-3-2-4-11-16(10)20(30)26(19(11)29)14-5-6-15(27)23-18(14)28/h2-4,14,21-22H,5-9H2,1H3,(H,23,27,28). The zero-order valence-corrected chi connectivity index (χ0v) is 16.3. The molecule has 3 aliphatic heterocycles. The summed E-state index contributed by atoms with van der Waals surface area (Å²) in [6.07, 6.45) is 0.232. The Bertz CT molecular complexity index is 1120. The molecule has 1 aromatic heterocycles. The lowest BCUT2D eigenvalue weighted by Crippen LogP contribution is -2.54. The normalized spacial score (nSPS) is 20.4. The first-order chi connectivity index (χ1) is 14.5. The number of anilines is 1. The van der Waals surface area contributed by atoms with Gasteiger partial charge in [0.1, 0.15) is 11.9 Å². The van der Waals surface area contributed by atoms with Gasteiger partial charge in [-0.15, -0.1) is 0 Å². The van der Waals surface area contributed by atoms with Gasteiger partial charge in [0, 0.05) is 38.7 Å². The first-order valence-corrected chi connectivity index (χ1v) is 9.78. The number of nitrogens with one attached hydrogen (secondary N) is 3. The molecule has 10 heteroatoms. The van der Waals surface area contributed by atoms with Crippen LogP contribution >= 0.6 is 0 Å². The van der Waals surface area contributed by atoms with Gasteiger partial charge < -0.3 is 10.6 Å². The van der Waals surface area contributed by atoms with E-state index in [4.69, 9.17) is 0 Å². The van der Waals surface area contributed by atoms with Gasteiger partial charge in [0.15, 0.2) is 0 Å². The van der Waals surface area contributed by atoms with E-state index in [0.29, 0.717) is 17.7 Å². The number of carbonyl (C=O) groups excluding carboxylic acids is 4. The zero-order valence-electron chi connectivity index (χ0n) is 16.3. The molecule has 1 saturated heterocycles. The van der Waals surface area contributed by atoms with Crippen molar-refractivity contribution in [3.63, 3.8) is 0 Å². The van der Waals surface area contributed by atoms with Crippen LogP contribution in [0.1, 0.15) is 50.4 Å². The number of rotatable bonds is 4. The van der Waals surface area contributed by atoms with E-state index < -0.39 is 29.7 Å². The largest absolute Gasteiger partial charge is 0.366 e. The summed E-state index contributed by atoms with van der Waals surface area (Å²) in [7, 11) is 1.86. The Morgan fingerprint density at radius 2 is 2.00 bits per heavy atom. The van der Waals surface area contributed by atoms with Gasteiger partial charge in [-0.05, 0) is 18.1 Å². The molecule has 5 rings (SSSR count). The Balaban J connectivity index is 1.43. The summed E-state index contributed by atoms with van der Waals surface area (Å²) in [4.78, 5) is 50.7. The van der Waals surface area contributed by atoms with Crippen LogP contribution in [0.15, 0.2) is 18.2 Å². The van der Waals surface area contributed by atoms with Crippen molar-refractivity contribution in [2.24, 2.45) is 7.05 Å². The van der Waals surface area contributed by atoms with E-state index >= 15 is 0 Å². The quantitative estimate of drug-likeness (QED) is 0.610. The zero-order chi connectivity index (χ0) is 21.0. The second-order valence-corrected chi connectivity index (χ2v) is 7.64. The van der Waals surface area contributed by atoms with E-state index in [9.17, 15) is 19.2 Å². The molecular weight excluding hydrogens is 388 g/mol. The molecule has 1 unspecified atom stereocenters. The highest BCUT2D eigenvalue weighted by molar-refractivity contribution is 6.24. The van der Waals surface area contributed by atoms with Crippen LogP contribution in [0.25, 0.3) is 0 Å². The second kappa shape index (κ2) is 6.77. The summed E-state index contributed by atoms with van der Waals surface area (Å²) in [6, 6.07) is 4.14. The molecule has 1 aromatic carbocycles. The van der Waals surface area contributed by atoms with Crippen LogP contribution in [0.3, 0.4) is 0 Å². The third-order valence-electron chi connectivity index (χ3n) is 5.82. The molecule has 30 heavy (non-hydrogen) atoms. The SMILES string of the molecule is Cn1nc2c(c1NCc1cccc3c1C(=O)N(C1CCC(=O)NC1=O)C3=O)CNC2. The van der Waals surface area contributed by atoms with Crippen molar-refractivity contribution < 1.29 is 19.2 Å². The molecule has 10 nitrogen and oxygen atoms in total. The molecule has 0 bridgehead atoms. The van der Waals surface area contributed by atoms with Crippen molar-refractivity contribution in [1.29, 1.82) is 0 Å². The molecule has 1 fully saturated rings. The molecule has 0 radical (unpaired) electrons. The average molecular weight is 408 g/mol. The summed E-state index contributed by atoms with van der Waals surface area (Å²) in [5, 5.41) is 13.3. The molecule has 0 spiro atoms. The van der Waals surface area contributed by atoms with Crippen LogP contribution in [0.2, 0.25) is 0 Å². The second-order valence-electron chi connectivity index (χ2n) is 7.64. The summed E-state index contributed by atoms with van der Waals surface area (Å²) in [5.41, 5.74) is 3.34. The molecule has 1 atom stereocenters. The Hall–Kier alpha value is -3.53. The fourth-order valence-electron chi connectivity index (χ4n) is 4.39. The Morgan fingerprint density at radius 1 is 1.17 bits per heavy atom. The summed E-state index contributed by atoms with van der Waals surface area (Å²) in [6.45, 7) is 1.77. The predicted molar refractivity (Wildman–Crippen MR) is 104 cm³/mol. The molecule has 154 valence electrons. The number of aryl methyl sites for hydroxylation is 1. The highest BCUT2D eigenvalue weighted by Gasteiger charge is 2.45. The van der Waals surface area contributed by atoms with Gasteiger partial charge in [0.2, 0.25) is 11.8 Å². The highest BCUT2D eigenvalue weighted by Crippen LogP contribution is 2.31. The summed E-state index contributed by atoms with van der Waals surface area (Å²) >= 11 is 0. The minimum absolute atomic E-state index is 0.0951. The van der Waals surface area contributed by atoms with Crippen molar-refractivity contribution in [2.75, 3.05) is 5.32 Å². The van der Waals surface area contributed by atoms with E-state index in [2.05, 4.69) is 21.0 Å². The lowest BCUT2D eigenvalue weighted by atomic mass is 10.0. The monoisotopic (exact) mass is 408 g/mol. The maximum absolute atomic E-state index is 13.2. The number of amides is 4. The van der Waals surface area contributed by atoms with Crippen molar-refractivity contribution in [2.45, 2.75) is 38.5 Å². The topological polar surface area (TPSA) is 125 Å². The molecule has 4 heterocycles. The molecule has 2 aromatic rings. The Kier molecular flexibility index (Phi) is 4.17. The van der Waals surface area contributed by atoms with Crippen LogP contribution < -0.4 is 16.0 Å². The van der Waals surface area contributed by atoms with Crippen LogP contribution in [-0.4, -0.2) is 44.4 Å².